The third kappa shape index (κ3) is 3.10. The summed E-state index contributed by atoms with van der Waals surface area (Å²) in [5, 5.41) is 0. The molecule has 1 aromatic carbocycles. The van der Waals surface area contributed by atoms with Gasteiger partial charge in [0.15, 0.2) is 0 Å². The van der Waals surface area contributed by atoms with Gasteiger partial charge in [-0.25, -0.2) is 0 Å². The van der Waals surface area contributed by atoms with Crippen molar-refractivity contribution in [3.8, 4) is 0 Å². The van der Waals surface area contributed by atoms with Gasteiger partial charge in [-0.2, -0.15) is 0 Å². The minimum Gasteiger partial charge on any atom is -0.325 e. The number of benzene rings is 1. The summed E-state index contributed by atoms with van der Waals surface area (Å²) in [5.41, 5.74) is 9.49. The van der Waals surface area contributed by atoms with Crippen LogP contribution < -0.4 is 5.73 Å². The van der Waals surface area contributed by atoms with Crippen molar-refractivity contribution in [1.82, 2.24) is 0 Å². The van der Waals surface area contributed by atoms with E-state index in [0.717, 1.165) is 12.3 Å². The van der Waals surface area contributed by atoms with E-state index < -0.39 is 0 Å². The highest BCUT2D eigenvalue weighted by atomic mass is 14.7. The maximum absolute atomic E-state index is 6.63. The van der Waals surface area contributed by atoms with E-state index in [1.54, 1.807) is 0 Å². The van der Waals surface area contributed by atoms with Crippen LogP contribution in [0, 0.1) is 12.8 Å². The Bertz CT molecular complexity index is 372. The molecule has 0 spiro atoms. The summed E-state index contributed by atoms with van der Waals surface area (Å²) in [4.78, 5) is 0. The summed E-state index contributed by atoms with van der Waals surface area (Å²) in [7, 11) is 0. The third-order valence-electron chi connectivity index (χ3n) is 4.36. The molecule has 94 valence electrons. The molecule has 2 N–H and O–H groups in total. The normalized spacial score (nSPS) is 29.2. The maximum atomic E-state index is 6.63. The Morgan fingerprint density at radius 3 is 2.82 bits per heavy atom. The van der Waals surface area contributed by atoms with Crippen molar-refractivity contribution in [2.45, 2.75) is 57.9 Å². The number of hydrogen-bond acceptors (Lipinski definition) is 1. The lowest BCUT2D eigenvalue weighted by molar-refractivity contribution is 0.218. The van der Waals surface area contributed by atoms with Crippen LogP contribution in [0.5, 0.6) is 0 Å². The van der Waals surface area contributed by atoms with E-state index >= 15 is 0 Å². The maximum Gasteiger partial charge on any atom is 0.0197 e. The van der Waals surface area contributed by atoms with E-state index in [-0.39, 0.29) is 5.54 Å². The van der Waals surface area contributed by atoms with Gasteiger partial charge >= 0.3 is 0 Å². The fraction of sp³-hybridized carbons (Fsp3) is 0.625. The molecule has 1 heteroatoms. The molecule has 0 amide bonds. The summed E-state index contributed by atoms with van der Waals surface area (Å²) in [5.74, 6) is 0.845. The molecule has 1 saturated carbocycles. The molecule has 0 bridgehead atoms. The first-order valence-electron chi connectivity index (χ1n) is 6.96. The van der Waals surface area contributed by atoms with Crippen molar-refractivity contribution in [3.63, 3.8) is 0 Å². The van der Waals surface area contributed by atoms with Crippen LogP contribution in [-0.2, 0) is 6.42 Å². The van der Waals surface area contributed by atoms with E-state index in [4.69, 9.17) is 5.73 Å². The second-order valence-corrected chi connectivity index (χ2v) is 5.84. The zero-order chi connectivity index (χ0) is 12.3. The van der Waals surface area contributed by atoms with Crippen molar-refractivity contribution >= 4 is 0 Å². The van der Waals surface area contributed by atoms with Gasteiger partial charge in [0.2, 0.25) is 0 Å². The smallest absolute Gasteiger partial charge is 0.0197 e. The largest absolute Gasteiger partial charge is 0.325 e. The van der Waals surface area contributed by atoms with Gasteiger partial charge < -0.3 is 5.73 Å². The summed E-state index contributed by atoms with van der Waals surface area (Å²) in [6.45, 7) is 4.49. The molecule has 0 radical (unpaired) electrons. The first kappa shape index (κ1) is 12.6. The van der Waals surface area contributed by atoms with Gasteiger partial charge in [-0.3, -0.25) is 0 Å². The van der Waals surface area contributed by atoms with E-state index in [1.807, 2.05) is 0 Å². The Kier molecular flexibility index (Phi) is 3.88. The predicted molar refractivity (Wildman–Crippen MR) is 74.1 cm³/mol. The first-order valence-corrected chi connectivity index (χ1v) is 6.96. The number of aryl methyl sites for hydroxylation is 1. The highest BCUT2D eigenvalue weighted by Crippen LogP contribution is 2.35. The third-order valence-corrected chi connectivity index (χ3v) is 4.36. The Morgan fingerprint density at radius 1 is 1.35 bits per heavy atom. The molecule has 2 atom stereocenters. The van der Waals surface area contributed by atoms with Crippen LogP contribution in [0.15, 0.2) is 24.3 Å². The molecule has 17 heavy (non-hydrogen) atoms. The molecule has 0 saturated heterocycles. The van der Waals surface area contributed by atoms with Gasteiger partial charge in [-0.05, 0) is 43.2 Å². The van der Waals surface area contributed by atoms with E-state index in [1.165, 1.54) is 43.2 Å². The lowest BCUT2D eigenvalue weighted by atomic mass is 9.72. The lowest BCUT2D eigenvalue weighted by Gasteiger charge is -2.38. The average molecular weight is 231 g/mol. The molecule has 2 unspecified atom stereocenters. The van der Waals surface area contributed by atoms with Crippen molar-refractivity contribution in [1.29, 1.82) is 0 Å². The Labute approximate surface area is 105 Å². The number of rotatable bonds is 3. The highest BCUT2D eigenvalue weighted by Gasteiger charge is 2.32. The molecule has 0 heterocycles. The van der Waals surface area contributed by atoms with Crippen LogP contribution in [-0.4, -0.2) is 5.54 Å². The Balaban J connectivity index is 2.09. The molecule has 2 rings (SSSR count). The summed E-state index contributed by atoms with van der Waals surface area (Å²) in [6, 6.07) is 8.67. The topological polar surface area (TPSA) is 26.0 Å². The molecule has 1 fully saturated rings. The molecular weight excluding hydrogens is 206 g/mol. The highest BCUT2D eigenvalue weighted by molar-refractivity contribution is 5.27. The SMILES string of the molecule is CCC1CCCC(N)(Cc2ccccc2C)C1. The fourth-order valence-electron chi connectivity index (χ4n) is 3.22. The van der Waals surface area contributed by atoms with Gasteiger partial charge in [0, 0.05) is 5.54 Å². The van der Waals surface area contributed by atoms with E-state index in [0.29, 0.717) is 0 Å². The average Bonchev–Trinajstić information content (AvgIpc) is 2.32. The molecule has 1 nitrogen and oxygen atoms in total. The summed E-state index contributed by atoms with van der Waals surface area (Å²) >= 11 is 0. The number of nitrogens with two attached hydrogens (primary N) is 1. The fourth-order valence-corrected chi connectivity index (χ4v) is 3.22. The zero-order valence-corrected chi connectivity index (χ0v) is 11.2. The van der Waals surface area contributed by atoms with Crippen molar-refractivity contribution in [2.24, 2.45) is 11.7 Å². The van der Waals surface area contributed by atoms with Crippen LogP contribution in [0.25, 0.3) is 0 Å². The molecule has 0 aromatic heterocycles. The summed E-state index contributed by atoms with van der Waals surface area (Å²) < 4.78 is 0. The van der Waals surface area contributed by atoms with Crippen molar-refractivity contribution in [3.05, 3.63) is 35.4 Å². The second-order valence-electron chi connectivity index (χ2n) is 5.84. The Hall–Kier alpha value is -0.820. The lowest BCUT2D eigenvalue weighted by Crippen LogP contribution is -2.46. The van der Waals surface area contributed by atoms with Crippen molar-refractivity contribution in [2.75, 3.05) is 0 Å². The monoisotopic (exact) mass is 231 g/mol. The van der Waals surface area contributed by atoms with Gasteiger partial charge in [0.05, 0.1) is 0 Å². The van der Waals surface area contributed by atoms with E-state index in [9.17, 15) is 0 Å². The van der Waals surface area contributed by atoms with Crippen LogP contribution in [0.3, 0.4) is 0 Å². The first-order chi connectivity index (χ1) is 8.13. The minimum absolute atomic E-state index is 0.0467. The Morgan fingerprint density at radius 2 is 2.12 bits per heavy atom. The van der Waals surface area contributed by atoms with Crippen LogP contribution in [0.2, 0.25) is 0 Å². The van der Waals surface area contributed by atoms with Gasteiger partial charge in [-0.1, -0.05) is 50.5 Å². The van der Waals surface area contributed by atoms with Crippen molar-refractivity contribution < 1.29 is 0 Å². The molecule has 1 aliphatic carbocycles. The predicted octanol–water partition coefficient (Wildman–Crippen LogP) is 3.84. The zero-order valence-electron chi connectivity index (χ0n) is 11.2. The van der Waals surface area contributed by atoms with Gasteiger partial charge in [0.1, 0.15) is 0 Å². The van der Waals surface area contributed by atoms with Crippen LogP contribution in [0.1, 0.15) is 50.2 Å². The second kappa shape index (κ2) is 5.22. The van der Waals surface area contributed by atoms with E-state index in [2.05, 4.69) is 38.1 Å². The molecule has 1 aliphatic rings. The summed E-state index contributed by atoms with van der Waals surface area (Å²) in [6.07, 6.45) is 7.42. The molecular formula is C16H25N. The minimum atomic E-state index is 0.0467. The quantitative estimate of drug-likeness (QED) is 0.840. The van der Waals surface area contributed by atoms with Crippen LogP contribution in [0.4, 0.5) is 0 Å². The van der Waals surface area contributed by atoms with Crippen LogP contribution >= 0.6 is 0 Å². The molecule has 1 aromatic rings. The standard InChI is InChI=1S/C16H25N/c1-3-14-8-6-10-16(17,11-14)12-15-9-5-4-7-13(15)2/h4-5,7,9,14H,3,6,8,10-12,17H2,1-2H3. The molecule has 0 aliphatic heterocycles. The van der Waals surface area contributed by atoms with Gasteiger partial charge in [0.25, 0.3) is 0 Å². The number of hydrogen-bond donors (Lipinski definition) is 1. The van der Waals surface area contributed by atoms with Gasteiger partial charge in [-0.15, -0.1) is 0 Å².